The molecule has 3 aromatic rings. The maximum Gasteiger partial charge on any atom is 0.310 e. The summed E-state index contributed by atoms with van der Waals surface area (Å²) in [6.07, 6.45) is 3.38. The maximum absolute atomic E-state index is 13.3. The average molecular weight is 418 g/mol. The zero-order valence-corrected chi connectivity index (χ0v) is 17.9. The van der Waals surface area contributed by atoms with E-state index in [2.05, 4.69) is 4.98 Å². The Hall–Kier alpha value is -3.54. The number of esters is 1. The summed E-state index contributed by atoms with van der Waals surface area (Å²) in [7, 11) is 0. The summed E-state index contributed by atoms with van der Waals surface area (Å²) < 4.78 is 7.11. The van der Waals surface area contributed by atoms with E-state index in [1.807, 2.05) is 36.4 Å². The number of benzene rings is 2. The van der Waals surface area contributed by atoms with E-state index < -0.39 is 17.3 Å². The highest BCUT2D eigenvalue weighted by Gasteiger charge is 2.43. The summed E-state index contributed by atoms with van der Waals surface area (Å²) >= 11 is 0. The van der Waals surface area contributed by atoms with Gasteiger partial charge in [-0.05, 0) is 38.5 Å². The lowest BCUT2D eigenvalue weighted by Gasteiger charge is -2.32. The van der Waals surface area contributed by atoms with Crippen molar-refractivity contribution >= 4 is 18.0 Å². The molecule has 6 heteroatoms. The van der Waals surface area contributed by atoms with Gasteiger partial charge in [0, 0.05) is 24.5 Å². The van der Waals surface area contributed by atoms with Crippen molar-refractivity contribution in [1.82, 2.24) is 9.55 Å². The van der Waals surface area contributed by atoms with Crippen LogP contribution in [0, 0.1) is 5.92 Å². The van der Waals surface area contributed by atoms with Gasteiger partial charge in [0.05, 0.1) is 17.4 Å². The number of hydrogen-bond acceptors (Lipinski definition) is 5. The number of hydrogen-bond donors (Lipinski definition) is 0. The van der Waals surface area contributed by atoms with Gasteiger partial charge < -0.3 is 9.53 Å². The molecule has 3 rings (SSSR count). The van der Waals surface area contributed by atoms with Gasteiger partial charge in [-0.25, -0.2) is 4.98 Å². The van der Waals surface area contributed by atoms with Gasteiger partial charge in [0.2, 0.25) is 0 Å². The SMILES string of the molecule is CC(C)OC(=O)[C@H](CC(=O)c1nccn1-c1ccccc1)[C@](C)(C=O)c1ccccc1. The minimum Gasteiger partial charge on any atom is -0.463 e. The summed E-state index contributed by atoms with van der Waals surface area (Å²) in [6.45, 7) is 5.14. The minimum atomic E-state index is -1.23. The lowest BCUT2D eigenvalue weighted by molar-refractivity contribution is -0.156. The lowest BCUT2D eigenvalue weighted by Crippen LogP contribution is -2.42. The lowest BCUT2D eigenvalue weighted by atomic mass is 9.70. The van der Waals surface area contributed by atoms with Crippen LogP contribution in [0.4, 0.5) is 0 Å². The molecule has 1 aromatic heterocycles. The van der Waals surface area contributed by atoms with Crippen molar-refractivity contribution in [2.24, 2.45) is 5.92 Å². The average Bonchev–Trinajstić information content (AvgIpc) is 3.27. The van der Waals surface area contributed by atoms with E-state index in [0.717, 1.165) is 12.0 Å². The Morgan fingerprint density at radius 3 is 2.26 bits per heavy atom. The van der Waals surface area contributed by atoms with E-state index >= 15 is 0 Å². The fraction of sp³-hybridized carbons (Fsp3) is 0.280. The minimum absolute atomic E-state index is 0.204. The van der Waals surface area contributed by atoms with Crippen molar-refractivity contribution < 1.29 is 19.1 Å². The first kappa shape index (κ1) is 22.2. The highest BCUT2D eigenvalue weighted by molar-refractivity contribution is 5.97. The first-order valence-corrected chi connectivity index (χ1v) is 10.2. The molecule has 0 amide bonds. The molecule has 0 aliphatic heterocycles. The smallest absolute Gasteiger partial charge is 0.310 e. The summed E-state index contributed by atoms with van der Waals surface area (Å²) in [5.41, 5.74) is 0.202. The van der Waals surface area contributed by atoms with Gasteiger partial charge in [-0.2, -0.15) is 0 Å². The molecule has 2 aromatic carbocycles. The number of ketones is 1. The number of para-hydroxylation sites is 1. The molecule has 0 saturated heterocycles. The molecular formula is C25H26N2O4. The number of aldehydes is 1. The molecule has 0 N–H and O–H groups in total. The van der Waals surface area contributed by atoms with E-state index in [1.165, 1.54) is 6.20 Å². The van der Waals surface area contributed by atoms with E-state index in [-0.39, 0.29) is 24.1 Å². The highest BCUT2D eigenvalue weighted by Crippen LogP contribution is 2.34. The highest BCUT2D eigenvalue weighted by atomic mass is 16.5. The third-order valence-corrected chi connectivity index (χ3v) is 5.31. The van der Waals surface area contributed by atoms with Crippen LogP contribution in [0.5, 0.6) is 0 Å². The van der Waals surface area contributed by atoms with Crippen molar-refractivity contribution in [3.8, 4) is 5.69 Å². The summed E-state index contributed by atoms with van der Waals surface area (Å²) in [4.78, 5) is 42.8. The molecule has 6 nitrogen and oxygen atoms in total. The number of nitrogens with zero attached hydrogens (tertiary/aromatic N) is 2. The standard InChI is InChI=1S/C25H26N2O4/c1-18(2)31-24(30)21(25(3,17-28)19-10-6-4-7-11-19)16-22(29)23-26-14-15-27(23)20-12-8-5-9-13-20/h4-15,17-18,21H,16H2,1-3H3/t21-,25+/m0/s1. The van der Waals surface area contributed by atoms with Gasteiger partial charge in [-0.1, -0.05) is 48.5 Å². The van der Waals surface area contributed by atoms with Crippen molar-refractivity contribution in [2.75, 3.05) is 0 Å². The van der Waals surface area contributed by atoms with Gasteiger partial charge in [0.1, 0.15) is 6.29 Å². The van der Waals surface area contributed by atoms with Crippen molar-refractivity contribution in [1.29, 1.82) is 0 Å². The molecule has 0 bridgehead atoms. The Labute approximate surface area is 181 Å². The monoisotopic (exact) mass is 418 g/mol. The summed E-state index contributed by atoms with van der Waals surface area (Å²) in [5.74, 6) is -1.72. The first-order valence-electron chi connectivity index (χ1n) is 10.2. The number of Topliss-reactive ketones (excluding diaryl/α,β-unsaturated/α-hetero) is 1. The Morgan fingerprint density at radius 2 is 1.68 bits per heavy atom. The normalized spacial score (nSPS) is 13.9. The van der Waals surface area contributed by atoms with E-state index in [9.17, 15) is 14.4 Å². The topological polar surface area (TPSA) is 78.3 Å². The molecule has 0 fully saturated rings. The second-order valence-corrected chi connectivity index (χ2v) is 7.89. The summed E-state index contributed by atoms with van der Waals surface area (Å²) in [5, 5.41) is 0. The van der Waals surface area contributed by atoms with Crippen molar-refractivity contribution in [3.05, 3.63) is 84.4 Å². The van der Waals surface area contributed by atoms with Crippen LogP contribution in [0.25, 0.3) is 5.69 Å². The van der Waals surface area contributed by atoms with Crippen LogP contribution in [0.15, 0.2) is 73.1 Å². The van der Waals surface area contributed by atoms with Crippen LogP contribution >= 0.6 is 0 Å². The fourth-order valence-corrected chi connectivity index (χ4v) is 3.59. The molecule has 0 radical (unpaired) electrons. The molecule has 2 atom stereocenters. The molecule has 0 aliphatic rings. The molecule has 0 saturated carbocycles. The third-order valence-electron chi connectivity index (χ3n) is 5.31. The number of rotatable bonds is 9. The van der Waals surface area contributed by atoms with Gasteiger partial charge >= 0.3 is 5.97 Å². The molecule has 0 unspecified atom stereocenters. The molecule has 0 aliphatic carbocycles. The van der Waals surface area contributed by atoms with Crippen LogP contribution < -0.4 is 0 Å². The van der Waals surface area contributed by atoms with E-state index in [0.29, 0.717) is 5.56 Å². The number of carbonyl (C=O) groups is 3. The molecular weight excluding hydrogens is 392 g/mol. The van der Waals surface area contributed by atoms with Gasteiger partial charge in [-0.15, -0.1) is 0 Å². The second kappa shape index (κ2) is 9.51. The Balaban J connectivity index is 1.98. The largest absolute Gasteiger partial charge is 0.463 e. The second-order valence-electron chi connectivity index (χ2n) is 7.89. The number of aromatic nitrogens is 2. The fourth-order valence-electron chi connectivity index (χ4n) is 3.59. The third kappa shape index (κ3) is 4.79. The van der Waals surface area contributed by atoms with Crippen LogP contribution in [0.3, 0.4) is 0 Å². The maximum atomic E-state index is 13.3. The Kier molecular flexibility index (Phi) is 6.80. The summed E-state index contributed by atoms with van der Waals surface area (Å²) in [6, 6.07) is 18.3. The van der Waals surface area contributed by atoms with Crippen molar-refractivity contribution in [2.45, 2.75) is 38.7 Å². The zero-order chi connectivity index (χ0) is 22.4. The molecule has 160 valence electrons. The first-order chi connectivity index (χ1) is 14.9. The predicted molar refractivity (Wildman–Crippen MR) is 117 cm³/mol. The molecule has 31 heavy (non-hydrogen) atoms. The Morgan fingerprint density at radius 1 is 1.06 bits per heavy atom. The van der Waals surface area contributed by atoms with Gasteiger partial charge in [0.25, 0.3) is 0 Å². The van der Waals surface area contributed by atoms with Gasteiger partial charge in [-0.3, -0.25) is 14.2 Å². The molecule has 0 spiro atoms. The predicted octanol–water partition coefficient (Wildman–Crippen LogP) is 4.17. The van der Waals surface area contributed by atoms with E-state index in [1.54, 1.807) is 55.8 Å². The van der Waals surface area contributed by atoms with Crippen LogP contribution in [-0.2, 0) is 19.7 Å². The Bertz CT molecular complexity index is 1040. The van der Waals surface area contributed by atoms with Crippen LogP contribution in [-0.4, -0.2) is 33.7 Å². The number of ether oxygens (including phenoxy) is 1. The zero-order valence-electron chi connectivity index (χ0n) is 17.9. The van der Waals surface area contributed by atoms with Crippen LogP contribution in [0.2, 0.25) is 0 Å². The quantitative estimate of drug-likeness (QED) is 0.296. The van der Waals surface area contributed by atoms with Crippen LogP contribution in [0.1, 0.15) is 43.4 Å². The number of carbonyl (C=O) groups excluding carboxylic acids is 3. The van der Waals surface area contributed by atoms with Crippen molar-refractivity contribution in [3.63, 3.8) is 0 Å². The van der Waals surface area contributed by atoms with E-state index in [4.69, 9.17) is 4.74 Å². The number of imidazole rings is 1. The molecule has 1 heterocycles. The van der Waals surface area contributed by atoms with Gasteiger partial charge in [0.15, 0.2) is 11.6 Å².